The summed E-state index contributed by atoms with van der Waals surface area (Å²) < 4.78 is 0. The molecule has 0 aromatic heterocycles. The van der Waals surface area contributed by atoms with Crippen molar-refractivity contribution in [2.24, 2.45) is 11.8 Å². The standard InChI is InChI=1S/C19H26ClNO2/c20-17-9-7-16(8-10-17)18(15-5-1-2-6-15)19(23)21-11-3-4-14(12-21)13-22/h7-10,14-15,18,22H,1-6,11-13H2. The molecule has 0 radical (unpaired) electrons. The minimum absolute atomic E-state index is 0.0489. The number of likely N-dealkylation sites (tertiary alicyclic amines) is 1. The van der Waals surface area contributed by atoms with Gasteiger partial charge in [-0.15, -0.1) is 0 Å². The molecule has 2 aliphatic rings. The van der Waals surface area contributed by atoms with Gasteiger partial charge in [0, 0.05) is 24.7 Å². The summed E-state index contributed by atoms with van der Waals surface area (Å²) in [5.41, 5.74) is 1.09. The van der Waals surface area contributed by atoms with E-state index in [1.165, 1.54) is 12.8 Å². The molecule has 2 unspecified atom stereocenters. The molecule has 3 rings (SSSR count). The normalized spacial score (nSPS) is 23.9. The molecule has 0 spiro atoms. The maximum Gasteiger partial charge on any atom is 0.230 e. The van der Waals surface area contributed by atoms with Crippen LogP contribution in [0.3, 0.4) is 0 Å². The zero-order valence-corrected chi connectivity index (χ0v) is 14.3. The highest BCUT2D eigenvalue weighted by Crippen LogP contribution is 2.39. The van der Waals surface area contributed by atoms with Gasteiger partial charge >= 0.3 is 0 Å². The van der Waals surface area contributed by atoms with E-state index in [1.807, 2.05) is 29.2 Å². The molecule has 1 aliphatic heterocycles. The first-order chi connectivity index (χ1) is 11.2. The van der Waals surface area contributed by atoms with Crippen LogP contribution in [0.1, 0.15) is 50.0 Å². The lowest BCUT2D eigenvalue weighted by atomic mass is 9.83. The Morgan fingerprint density at radius 1 is 1.17 bits per heavy atom. The van der Waals surface area contributed by atoms with Gasteiger partial charge in [0.05, 0.1) is 5.92 Å². The maximum atomic E-state index is 13.2. The summed E-state index contributed by atoms with van der Waals surface area (Å²) in [7, 11) is 0. The van der Waals surface area contributed by atoms with Crippen LogP contribution in [-0.4, -0.2) is 35.6 Å². The number of piperidine rings is 1. The highest BCUT2D eigenvalue weighted by molar-refractivity contribution is 6.30. The van der Waals surface area contributed by atoms with Crippen molar-refractivity contribution >= 4 is 17.5 Å². The Balaban J connectivity index is 1.82. The molecule has 1 amide bonds. The lowest BCUT2D eigenvalue weighted by Crippen LogP contribution is -2.44. The molecule has 3 nitrogen and oxygen atoms in total. The zero-order chi connectivity index (χ0) is 16.2. The van der Waals surface area contributed by atoms with Crippen LogP contribution in [-0.2, 0) is 4.79 Å². The molecular formula is C19H26ClNO2. The number of carbonyl (C=O) groups is 1. The number of rotatable bonds is 4. The molecule has 4 heteroatoms. The molecule has 1 N–H and O–H groups in total. The van der Waals surface area contributed by atoms with E-state index in [2.05, 4.69) is 0 Å². The van der Waals surface area contributed by atoms with E-state index in [-0.39, 0.29) is 24.3 Å². The topological polar surface area (TPSA) is 40.5 Å². The van der Waals surface area contributed by atoms with Crippen molar-refractivity contribution in [2.75, 3.05) is 19.7 Å². The van der Waals surface area contributed by atoms with E-state index in [0.29, 0.717) is 17.5 Å². The Hall–Kier alpha value is -1.06. The number of benzene rings is 1. The molecule has 1 aromatic carbocycles. The van der Waals surface area contributed by atoms with Crippen LogP contribution in [0.2, 0.25) is 5.02 Å². The van der Waals surface area contributed by atoms with Crippen molar-refractivity contribution < 1.29 is 9.90 Å². The van der Waals surface area contributed by atoms with Gasteiger partial charge in [-0.2, -0.15) is 0 Å². The second kappa shape index (κ2) is 7.67. The Labute approximate surface area is 143 Å². The van der Waals surface area contributed by atoms with Crippen molar-refractivity contribution in [3.8, 4) is 0 Å². The molecule has 1 aliphatic carbocycles. The number of hydrogen-bond acceptors (Lipinski definition) is 2. The second-order valence-corrected chi connectivity index (χ2v) is 7.49. The number of halogens is 1. The predicted octanol–water partition coefficient (Wildman–Crippen LogP) is 3.84. The number of aliphatic hydroxyl groups excluding tert-OH is 1. The number of carbonyl (C=O) groups excluding carboxylic acids is 1. The maximum absolute atomic E-state index is 13.2. The van der Waals surface area contributed by atoms with E-state index < -0.39 is 0 Å². The summed E-state index contributed by atoms with van der Waals surface area (Å²) in [5, 5.41) is 10.1. The highest BCUT2D eigenvalue weighted by atomic mass is 35.5. The van der Waals surface area contributed by atoms with Gasteiger partial charge in [0.25, 0.3) is 0 Å². The fraction of sp³-hybridized carbons (Fsp3) is 0.632. The Bertz CT molecular complexity index is 525. The molecule has 2 atom stereocenters. The number of nitrogens with zero attached hydrogens (tertiary/aromatic N) is 1. The molecule has 1 saturated carbocycles. The third kappa shape index (κ3) is 3.89. The second-order valence-electron chi connectivity index (χ2n) is 7.05. The lowest BCUT2D eigenvalue weighted by molar-refractivity contribution is -0.136. The molecule has 1 saturated heterocycles. The van der Waals surface area contributed by atoms with Crippen molar-refractivity contribution in [3.63, 3.8) is 0 Å². The van der Waals surface area contributed by atoms with Gasteiger partial charge in [-0.05, 0) is 55.2 Å². The Morgan fingerprint density at radius 3 is 2.52 bits per heavy atom. The SMILES string of the molecule is O=C(C(c1ccc(Cl)cc1)C1CCCC1)N1CCCC(CO)C1. The van der Waals surface area contributed by atoms with Crippen molar-refractivity contribution in [2.45, 2.75) is 44.4 Å². The third-order valence-corrected chi connectivity index (χ3v) is 5.71. The monoisotopic (exact) mass is 335 g/mol. The van der Waals surface area contributed by atoms with Gasteiger partial charge in [0.1, 0.15) is 0 Å². The van der Waals surface area contributed by atoms with Crippen molar-refractivity contribution in [3.05, 3.63) is 34.9 Å². The largest absolute Gasteiger partial charge is 0.396 e. The van der Waals surface area contributed by atoms with Crippen LogP contribution < -0.4 is 0 Å². The number of hydrogen-bond donors (Lipinski definition) is 1. The first-order valence-electron chi connectivity index (χ1n) is 8.84. The minimum atomic E-state index is -0.0489. The van der Waals surface area contributed by atoms with Gasteiger partial charge in [-0.1, -0.05) is 36.6 Å². The summed E-state index contributed by atoms with van der Waals surface area (Å²) in [5.74, 6) is 0.880. The third-order valence-electron chi connectivity index (χ3n) is 5.46. The Kier molecular flexibility index (Phi) is 5.60. The Morgan fingerprint density at radius 2 is 1.87 bits per heavy atom. The van der Waals surface area contributed by atoms with E-state index in [1.54, 1.807) is 0 Å². The lowest BCUT2D eigenvalue weighted by Gasteiger charge is -2.36. The van der Waals surface area contributed by atoms with Gasteiger partial charge in [0.2, 0.25) is 5.91 Å². The zero-order valence-electron chi connectivity index (χ0n) is 13.6. The van der Waals surface area contributed by atoms with Gasteiger partial charge < -0.3 is 10.0 Å². The molecule has 0 bridgehead atoms. The molecule has 23 heavy (non-hydrogen) atoms. The summed E-state index contributed by atoms with van der Waals surface area (Å²) in [6.07, 6.45) is 6.74. The molecular weight excluding hydrogens is 310 g/mol. The smallest absolute Gasteiger partial charge is 0.230 e. The fourth-order valence-corrected chi connectivity index (χ4v) is 4.31. The predicted molar refractivity (Wildman–Crippen MR) is 92.5 cm³/mol. The molecule has 2 fully saturated rings. The van der Waals surface area contributed by atoms with E-state index in [9.17, 15) is 9.90 Å². The number of amides is 1. The van der Waals surface area contributed by atoms with Gasteiger partial charge in [-0.3, -0.25) is 4.79 Å². The van der Waals surface area contributed by atoms with E-state index in [0.717, 1.165) is 37.8 Å². The molecule has 126 valence electrons. The molecule has 1 aromatic rings. The first kappa shape index (κ1) is 16.8. The summed E-state index contributed by atoms with van der Waals surface area (Å²) in [6, 6.07) is 7.80. The van der Waals surface area contributed by atoms with Crippen LogP contribution in [0.25, 0.3) is 0 Å². The molecule has 1 heterocycles. The quantitative estimate of drug-likeness (QED) is 0.908. The summed E-state index contributed by atoms with van der Waals surface area (Å²) in [6.45, 7) is 1.71. The number of aliphatic hydroxyl groups is 1. The van der Waals surface area contributed by atoms with E-state index in [4.69, 9.17) is 11.6 Å². The summed E-state index contributed by atoms with van der Waals surface area (Å²) >= 11 is 6.02. The summed E-state index contributed by atoms with van der Waals surface area (Å²) in [4.78, 5) is 15.2. The van der Waals surface area contributed by atoms with E-state index >= 15 is 0 Å². The van der Waals surface area contributed by atoms with Crippen molar-refractivity contribution in [1.29, 1.82) is 0 Å². The van der Waals surface area contributed by atoms with Crippen LogP contribution in [0.5, 0.6) is 0 Å². The first-order valence-corrected chi connectivity index (χ1v) is 9.22. The highest BCUT2D eigenvalue weighted by Gasteiger charge is 2.36. The van der Waals surface area contributed by atoms with Crippen molar-refractivity contribution in [1.82, 2.24) is 4.90 Å². The van der Waals surface area contributed by atoms with Gasteiger partial charge in [-0.25, -0.2) is 0 Å². The van der Waals surface area contributed by atoms with Crippen LogP contribution in [0, 0.1) is 11.8 Å². The minimum Gasteiger partial charge on any atom is -0.396 e. The van der Waals surface area contributed by atoms with Gasteiger partial charge in [0.15, 0.2) is 0 Å². The fourth-order valence-electron chi connectivity index (χ4n) is 4.19. The average molecular weight is 336 g/mol. The average Bonchev–Trinajstić information content (AvgIpc) is 3.11. The van der Waals surface area contributed by atoms with Crippen LogP contribution in [0.4, 0.5) is 0 Å². The van der Waals surface area contributed by atoms with Crippen LogP contribution >= 0.6 is 11.6 Å². The van der Waals surface area contributed by atoms with Crippen LogP contribution in [0.15, 0.2) is 24.3 Å².